The van der Waals surface area contributed by atoms with Crippen LogP contribution in [0.4, 0.5) is 0 Å². The summed E-state index contributed by atoms with van der Waals surface area (Å²) in [4.78, 5) is 24.2. The summed E-state index contributed by atoms with van der Waals surface area (Å²) in [6.45, 7) is 2.67. The number of nitrogens with zero attached hydrogens (tertiary/aromatic N) is 3. The fraction of sp³-hybridized carbons (Fsp3) is 0.250. The second kappa shape index (κ2) is 8.96. The molecule has 3 aromatic rings. The number of amides is 1. The molecule has 1 aromatic carbocycles. The third-order valence-corrected chi connectivity index (χ3v) is 5.80. The van der Waals surface area contributed by atoms with E-state index in [0.29, 0.717) is 12.1 Å². The molecule has 4 nitrogen and oxygen atoms in total. The first-order valence-corrected chi connectivity index (χ1v) is 10.3. The molecule has 0 aliphatic rings. The van der Waals surface area contributed by atoms with Gasteiger partial charge in [-0.3, -0.25) is 9.78 Å². The summed E-state index contributed by atoms with van der Waals surface area (Å²) >= 11 is 3.41. The number of carbonyl (C=O) groups excluding carboxylic acids is 1. The van der Waals surface area contributed by atoms with E-state index in [-0.39, 0.29) is 5.91 Å². The molecule has 134 valence electrons. The standard InChI is InChI=1S/C20H21N3OS2/c1-15-22-18(13-25-15)14-26-19-8-6-16(7-9-19)20(24)23(2)12-10-17-5-3-4-11-21-17/h3-9,11,13H,10,12,14H2,1-2H3. The Bertz CT molecular complexity index is 847. The Labute approximate surface area is 162 Å². The minimum Gasteiger partial charge on any atom is -0.341 e. The maximum absolute atomic E-state index is 12.5. The zero-order chi connectivity index (χ0) is 18.4. The summed E-state index contributed by atoms with van der Waals surface area (Å²) < 4.78 is 0. The van der Waals surface area contributed by atoms with Gasteiger partial charge in [0, 0.05) is 53.5 Å². The lowest BCUT2D eigenvalue weighted by atomic mass is 10.2. The van der Waals surface area contributed by atoms with E-state index in [9.17, 15) is 4.79 Å². The van der Waals surface area contributed by atoms with E-state index in [1.807, 2.05) is 56.4 Å². The van der Waals surface area contributed by atoms with Crippen molar-refractivity contribution >= 4 is 29.0 Å². The minimum absolute atomic E-state index is 0.0348. The van der Waals surface area contributed by atoms with Crippen LogP contribution in [0.15, 0.2) is 58.9 Å². The van der Waals surface area contributed by atoms with Gasteiger partial charge in [-0.25, -0.2) is 4.98 Å². The van der Waals surface area contributed by atoms with E-state index in [0.717, 1.165) is 33.5 Å². The molecule has 0 spiro atoms. The molecule has 0 unspecified atom stereocenters. The number of likely N-dealkylation sites (N-methyl/N-ethyl adjacent to an activating group) is 1. The number of pyridine rings is 1. The van der Waals surface area contributed by atoms with Crippen molar-refractivity contribution in [3.63, 3.8) is 0 Å². The molecule has 0 saturated heterocycles. The van der Waals surface area contributed by atoms with Crippen molar-refractivity contribution in [3.8, 4) is 0 Å². The van der Waals surface area contributed by atoms with Crippen LogP contribution in [0, 0.1) is 6.92 Å². The Kier molecular flexibility index (Phi) is 6.41. The van der Waals surface area contributed by atoms with Gasteiger partial charge < -0.3 is 4.90 Å². The number of hydrogen-bond donors (Lipinski definition) is 0. The van der Waals surface area contributed by atoms with Gasteiger partial charge in [0.25, 0.3) is 5.91 Å². The van der Waals surface area contributed by atoms with Gasteiger partial charge in [0.15, 0.2) is 0 Å². The quantitative estimate of drug-likeness (QED) is 0.565. The van der Waals surface area contributed by atoms with E-state index in [4.69, 9.17) is 0 Å². The van der Waals surface area contributed by atoms with Crippen LogP contribution in [0.25, 0.3) is 0 Å². The molecule has 0 aliphatic carbocycles. The molecule has 2 aromatic heterocycles. The molecular weight excluding hydrogens is 362 g/mol. The van der Waals surface area contributed by atoms with Crippen LogP contribution in [-0.2, 0) is 12.2 Å². The van der Waals surface area contributed by atoms with E-state index >= 15 is 0 Å². The van der Waals surface area contributed by atoms with E-state index in [1.165, 1.54) is 0 Å². The number of rotatable bonds is 7. The molecule has 0 bridgehead atoms. The average Bonchev–Trinajstić information content (AvgIpc) is 3.10. The second-order valence-electron chi connectivity index (χ2n) is 5.97. The van der Waals surface area contributed by atoms with Gasteiger partial charge in [-0.1, -0.05) is 6.07 Å². The van der Waals surface area contributed by atoms with Crippen LogP contribution in [0.2, 0.25) is 0 Å². The summed E-state index contributed by atoms with van der Waals surface area (Å²) in [6, 6.07) is 13.6. The molecule has 2 heterocycles. The fourth-order valence-corrected chi connectivity index (χ4v) is 3.98. The third-order valence-electron chi connectivity index (χ3n) is 3.93. The number of aromatic nitrogens is 2. The Hall–Kier alpha value is -2.18. The maximum Gasteiger partial charge on any atom is 0.253 e. The first kappa shape index (κ1) is 18.6. The largest absolute Gasteiger partial charge is 0.341 e. The highest BCUT2D eigenvalue weighted by Crippen LogP contribution is 2.24. The van der Waals surface area contributed by atoms with Gasteiger partial charge in [0.05, 0.1) is 10.7 Å². The van der Waals surface area contributed by atoms with Crippen LogP contribution in [0.5, 0.6) is 0 Å². The summed E-state index contributed by atoms with van der Waals surface area (Å²) in [6.07, 6.45) is 2.53. The van der Waals surface area contributed by atoms with Crippen molar-refractivity contribution in [2.75, 3.05) is 13.6 Å². The lowest BCUT2D eigenvalue weighted by Crippen LogP contribution is -2.28. The predicted octanol–water partition coefficient (Wildman–Crippen LogP) is 4.45. The van der Waals surface area contributed by atoms with Crippen molar-refractivity contribution in [2.24, 2.45) is 0 Å². The lowest BCUT2D eigenvalue weighted by Gasteiger charge is -2.17. The highest BCUT2D eigenvalue weighted by atomic mass is 32.2. The predicted molar refractivity (Wildman–Crippen MR) is 108 cm³/mol. The van der Waals surface area contributed by atoms with Crippen molar-refractivity contribution in [1.82, 2.24) is 14.9 Å². The third kappa shape index (κ3) is 5.16. The van der Waals surface area contributed by atoms with Gasteiger partial charge in [-0.15, -0.1) is 23.1 Å². The summed E-state index contributed by atoms with van der Waals surface area (Å²) in [7, 11) is 1.83. The van der Waals surface area contributed by atoms with E-state index < -0.39 is 0 Å². The SMILES string of the molecule is Cc1nc(CSc2ccc(C(=O)N(C)CCc3ccccn3)cc2)cs1. The summed E-state index contributed by atoms with van der Waals surface area (Å²) in [5.41, 5.74) is 2.81. The molecule has 3 rings (SSSR count). The van der Waals surface area contributed by atoms with Crippen molar-refractivity contribution in [1.29, 1.82) is 0 Å². The van der Waals surface area contributed by atoms with Crippen LogP contribution in [-0.4, -0.2) is 34.4 Å². The molecule has 0 aliphatic heterocycles. The van der Waals surface area contributed by atoms with Gasteiger partial charge in [0.1, 0.15) is 0 Å². The zero-order valence-electron chi connectivity index (χ0n) is 14.9. The summed E-state index contributed by atoms with van der Waals surface area (Å²) in [5.74, 6) is 0.884. The van der Waals surface area contributed by atoms with Crippen molar-refractivity contribution in [2.45, 2.75) is 24.0 Å². The Balaban J connectivity index is 1.52. The van der Waals surface area contributed by atoms with Crippen molar-refractivity contribution < 1.29 is 4.79 Å². The molecule has 26 heavy (non-hydrogen) atoms. The number of carbonyl (C=O) groups is 1. The molecule has 1 amide bonds. The average molecular weight is 384 g/mol. The Morgan fingerprint density at radius 1 is 1.15 bits per heavy atom. The van der Waals surface area contributed by atoms with Crippen LogP contribution >= 0.6 is 23.1 Å². The topological polar surface area (TPSA) is 46.1 Å². The molecule has 0 N–H and O–H groups in total. The zero-order valence-corrected chi connectivity index (χ0v) is 16.5. The smallest absolute Gasteiger partial charge is 0.253 e. The Morgan fingerprint density at radius 2 is 1.96 bits per heavy atom. The van der Waals surface area contributed by atoms with Crippen LogP contribution in [0.3, 0.4) is 0 Å². The highest BCUT2D eigenvalue weighted by molar-refractivity contribution is 7.98. The molecule has 6 heteroatoms. The minimum atomic E-state index is 0.0348. The molecular formula is C20H21N3OS2. The first-order chi connectivity index (χ1) is 12.6. The summed E-state index contributed by atoms with van der Waals surface area (Å²) in [5, 5.41) is 3.19. The lowest BCUT2D eigenvalue weighted by molar-refractivity contribution is 0.0796. The molecule has 0 fully saturated rings. The number of aryl methyl sites for hydroxylation is 1. The van der Waals surface area contributed by atoms with Crippen molar-refractivity contribution in [3.05, 3.63) is 76.0 Å². The normalized spacial score (nSPS) is 10.7. The number of thioether (sulfide) groups is 1. The van der Waals surface area contributed by atoms with Crippen LogP contribution < -0.4 is 0 Å². The number of hydrogen-bond acceptors (Lipinski definition) is 5. The highest BCUT2D eigenvalue weighted by Gasteiger charge is 2.12. The van der Waals surface area contributed by atoms with E-state index in [2.05, 4.69) is 15.3 Å². The molecule has 0 radical (unpaired) electrons. The fourth-order valence-electron chi connectivity index (χ4n) is 2.48. The van der Waals surface area contributed by atoms with Gasteiger partial charge >= 0.3 is 0 Å². The maximum atomic E-state index is 12.5. The number of thiazole rings is 1. The number of benzene rings is 1. The van der Waals surface area contributed by atoms with Crippen LogP contribution in [0.1, 0.15) is 26.8 Å². The monoisotopic (exact) mass is 383 g/mol. The van der Waals surface area contributed by atoms with E-state index in [1.54, 1.807) is 34.2 Å². The van der Waals surface area contributed by atoms with Gasteiger partial charge in [0.2, 0.25) is 0 Å². The van der Waals surface area contributed by atoms with Gasteiger partial charge in [-0.2, -0.15) is 0 Å². The van der Waals surface area contributed by atoms with Gasteiger partial charge in [-0.05, 0) is 43.3 Å². The molecule has 0 saturated carbocycles. The Morgan fingerprint density at radius 3 is 2.62 bits per heavy atom. The molecule has 0 atom stereocenters. The second-order valence-corrected chi connectivity index (χ2v) is 8.08. The first-order valence-electron chi connectivity index (χ1n) is 8.41.